The van der Waals surface area contributed by atoms with Crippen LogP contribution < -0.4 is 5.73 Å². The number of aliphatic hydroxyl groups is 1. The van der Waals surface area contributed by atoms with Crippen molar-refractivity contribution in [2.45, 2.75) is 44.7 Å². The average Bonchev–Trinajstić information content (AvgIpc) is 3.17. The van der Waals surface area contributed by atoms with Gasteiger partial charge in [-0.2, -0.15) is 0 Å². The number of aliphatic hydroxyl groups excluding tert-OH is 1. The number of ether oxygens (including phenoxy) is 1. The Labute approximate surface area is 155 Å². The van der Waals surface area contributed by atoms with Crippen molar-refractivity contribution >= 4 is 24.6 Å². The first kappa shape index (κ1) is 20.1. The molecule has 4 atom stereocenters. The smallest absolute Gasteiger partial charge is 0.356 e. The van der Waals surface area contributed by atoms with Crippen LogP contribution in [0.2, 0.25) is 0 Å². The van der Waals surface area contributed by atoms with E-state index in [9.17, 15) is 14.1 Å². The Morgan fingerprint density at radius 3 is 2.70 bits per heavy atom. The number of nitrogens with zero attached hydrogens (tertiary/aromatic N) is 4. The van der Waals surface area contributed by atoms with Crippen molar-refractivity contribution < 1.29 is 27.8 Å². The molecule has 0 aliphatic heterocycles. The molecule has 1 saturated carbocycles. The average molecular weight is 403 g/mol. The molecular weight excluding hydrogens is 380 g/mol. The summed E-state index contributed by atoms with van der Waals surface area (Å²) < 4.78 is 44.6. The summed E-state index contributed by atoms with van der Waals surface area (Å²) in [6.45, 7) is 3.73. The summed E-state index contributed by atoms with van der Waals surface area (Å²) in [5, 5.41) is 10.2. The van der Waals surface area contributed by atoms with Crippen LogP contribution in [0, 0.1) is 0 Å². The van der Waals surface area contributed by atoms with Gasteiger partial charge in [-0.05, 0) is 13.8 Å². The van der Waals surface area contributed by atoms with E-state index < -0.39 is 32.0 Å². The molecule has 27 heavy (non-hydrogen) atoms. The van der Waals surface area contributed by atoms with Crippen LogP contribution in [-0.4, -0.2) is 62.6 Å². The Bertz CT molecular complexity index is 826. The fourth-order valence-corrected chi connectivity index (χ4v) is 4.56. The first-order valence-corrected chi connectivity index (χ1v) is 10.4. The molecule has 12 heteroatoms. The number of imidazole rings is 1. The van der Waals surface area contributed by atoms with E-state index >= 15 is 0 Å². The van der Waals surface area contributed by atoms with Gasteiger partial charge in [0.2, 0.25) is 0 Å². The maximum absolute atomic E-state index is 14.8. The highest BCUT2D eigenvalue weighted by Gasteiger charge is 2.46. The molecule has 3 rings (SSSR count). The number of nitrogen functional groups attached to an aromatic ring is 1. The second kappa shape index (κ2) is 8.15. The van der Waals surface area contributed by atoms with Gasteiger partial charge >= 0.3 is 7.60 Å². The van der Waals surface area contributed by atoms with Crippen molar-refractivity contribution in [3.63, 3.8) is 0 Å². The predicted octanol–water partition coefficient (Wildman–Crippen LogP) is 1.66. The molecule has 0 amide bonds. The monoisotopic (exact) mass is 403 g/mol. The lowest BCUT2D eigenvalue weighted by Gasteiger charge is -2.21. The molecule has 4 unspecified atom stereocenters. The van der Waals surface area contributed by atoms with Gasteiger partial charge < -0.3 is 29.2 Å². The van der Waals surface area contributed by atoms with Gasteiger partial charge in [-0.15, -0.1) is 0 Å². The molecule has 1 aliphatic carbocycles. The Kier molecular flexibility index (Phi) is 6.07. The van der Waals surface area contributed by atoms with Gasteiger partial charge in [-0.3, -0.25) is 4.57 Å². The van der Waals surface area contributed by atoms with Gasteiger partial charge in [0.25, 0.3) is 0 Å². The molecule has 0 saturated heterocycles. The third-order valence-electron chi connectivity index (χ3n) is 4.39. The molecule has 0 radical (unpaired) electrons. The molecule has 0 spiro atoms. The normalized spacial score (nSPS) is 26.1. The number of fused-ring (bicyclic) bond motifs is 1. The number of rotatable bonds is 8. The Morgan fingerprint density at radius 1 is 1.33 bits per heavy atom. The van der Waals surface area contributed by atoms with E-state index in [-0.39, 0.29) is 31.8 Å². The summed E-state index contributed by atoms with van der Waals surface area (Å²) in [4.78, 5) is 12.1. The van der Waals surface area contributed by atoms with E-state index in [1.807, 2.05) is 0 Å². The first-order chi connectivity index (χ1) is 12.9. The van der Waals surface area contributed by atoms with Gasteiger partial charge in [-0.1, -0.05) is 0 Å². The lowest BCUT2D eigenvalue weighted by Crippen LogP contribution is -2.30. The number of hydrogen-bond donors (Lipinski definition) is 2. The van der Waals surface area contributed by atoms with Crippen LogP contribution in [0.25, 0.3) is 11.2 Å². The van der Waals surface area contributed by atoms with Crippen molar-refractivity contribution in [1.29, 1.82) is 0 Å². The van der Waals surface area contributed by atoms with Crippen LogP contribution in [0.5, 0.6) is 0 Å². The fourth-order valence-electron chi connectivity index (χ4n) is 3.18. The number of halogens is 1. The molecule has 10 nitrogen and oxygen atoms in total. The first-order valence-electron chi connectivity index (χ1n) is 8.65. The minimum Gasteiger partial charge on any atom is -0.387 e. The summed E-state index contributed by atoms with van der Waals surface area (Å²) in [6.07, 6.45) is -1.46. The number of aromatic nitrogens is 4. The molecule has 2 aromatic rings. The number of alkyl halides is 1. The standard InChI is InChI=1S/C15H23FN5O5P/c1-3-25-27(23,26-4-2)8-24-10-5-9(11(16)13(10)22)21-7-20-12-14(17)18-6-19-15(12)21/h6-7,9-11,13,22H,3-5,8H2,1-2H3,(H2,17,18,19). The molecule has 2 aromatic heterocycles. The van der Waals surface area contributed by atoms with Crippen LogP contribution in [0.15, 0.2) is 12.7 Å². The van der Waals surface area contributed by atoms with Crippen molar-refractivity contribution in [2.75, 3.05) is 25.3 Å². The number of hydrogen-bond acceptors (Lipinski definition) is 9. The molecule has 3 N–H and O–H groups in total. The van der Waals surface area contributed by atoms with Crippen molar-refractivity contribution in [3.8, 4) is 0 Å². The Morgan fingerprint density at radius 2 is 2.04 bits per heavy atom. The van der Waals surface area contributed by atoms with Crippen LogP contribution in [0.4, 0.5) is 10.2 Å². The number of anilines is 1. The van der Waals surface area contributed by atoms with Crippen molar-refractivity contribution in [1.82, 2.24) is 19.5 Å². The topological polar surface area (TPSA) is 135 Å². The van der Waals surface area contributed by atoms with E-state index in [0.717, 1.165) is 0 Å². The third-order valence-corrected chi connectivity index (χ3v) is 6.16. The molecule has 150 valence electrons. The molecular formula is C15H23FN5O5P. The minimum atomic E-state index is -3.46. The van der Waals surface area contributed by atoms with E-state index in [2.05, 4.69) is 15.0 Å². The van der Waals surface area contributed by atoms with E-state index in [1.165, 1.54) is 17.2 Å². The van der Waals surface area contributed by atoms with E-state index in [1.54, 1.807) is 13.8 Å². The largest absolute Gasteiger partial charge is 0.387 e. The summed E-state index contributed by atoms with van der Waals surface area (Å²) >= 11 is 0. The fraction of sp³-hybridized carbons (Fsp3) is 0.667. The highest BCUT2D eigenvalue weighted by molar-refractivity contribution is 7.53. The minimum absolute atomic E-state index is 0.135. The SMILES string of the molecule is CCOP(=O)(COC1CC(n2cnc3c(N)ncnc32)C(F)C1O)OCC. The van der Waals surface area contributed by atoms with Gasteiger partial charge in [0.1, 0.15) is 30.5 Å². The molecule has 2 heterocycles. The van der Waals surface area contributed by atoms with Crippen LogP contribution in [0.1, 0.15) is 26.3 Å². The van der Waals surface area contributed by atoms with E-state index in [4.69, 9.17) is 19.5 Å². The zero-order chi connectivity index (χ0) is 19.6. The van der Waals surface area contributed by atoms with Gasteiger partial charge in [0.15, 0.2) is 11.5 Å². The zero-order valence-electron chi connectivity index (χ0n) is 15.1. The number of nitrogens with two attached hydrogens (primary N) is 1. The highest BCUT2D eigenvalue weighted by atomic mass is 31.2. The molecule has 0 bridgehead atoms. The summed E-state index contributed by atoms with van der Waals surface area (Å²) in [5.41, 5.74) is 6.49. The van der Waals surface area contributed by atoms with Crippen LogP contribution >= 0.6 is 7.60 Å². The van der Waals surface area contributed by atoms with E-state index in [0.29, 0.717) is 11.2 Å². The van der Waals surface area contributed by atoms with Gasteiger partial charge in [-0.25, -0.2) is 19.3 Å². The van der Waals surface area contributed by atoms with Crippen LogP contribution in [-0.2, 0) is 18.3 Å². The Balaban J connectivity index is 1.75. The lowest BCUT2D eigenvalue weighted by molar-refractivity contribution is -0.0283. The molecule has 0 aromatic carbocycles. The predicted molar refractivity (Wildman–Crippen MR) is 94.9 cm³/mol. The third kappa shape index (κ3) is 3.97. The second-order valence-corrected chi connectivity index (χ2v) is 8.10. The van der Waals surface area contributed by atoms with Gasteiger partial charge in [0, 0.05) is 6.42 Å². The maximum Gasteiger partial charge on any atom is 0.356 e. The van der Waals surface area contributed by atoms with Crippen molar-refractivity contribution in [2.24, 2.45) is 0 Å². The summed E-state index contributed by atoms with van der Waals surface area (Å²) in [5.74, 6) is 0.190. The van der Waals surface area contributed by atoms with Crippen LogP contribution in [0.3, 0.4) is 0 Å². The Hall–Kier alpha value is -1.65. The quantitative estimate of drug-likeness (QED) is 0.631. The second-order valence-electron chi connectivity index (χ2n) is 6.10. The highest BCUT2D eigenvalue weighted by Crippen LogP contribution is 2.49. The lowest BCUT2D eigenvalue weighted by atomic mass is 10.2. The molecule has 1 aliphatic rings. The molecule has 1 fully saturated rings. The van der Waals surface area contributed by atoms with Gasteiger partial charge in [0.05, 0.1) is 31.7 Å². The summed E-state index contributed by atoms with van der Waals surface area (Å²) in [6, 6.07) is -0.761. The summed E-state index contributed by atoms with van der Waals surface area (Å²) in [7, 11) is -3.46. The zero-order valence-corrected chi connectivity index (χ0v) is 16.0. The maximum atomic E-state index is 14.8. The van der Waals surface area contributed by atoms with Crippen molar-refractivity contribution in [3.05, 3.63) is 12.7 Å².